The Hall–Kier alpha value is -1.36. The lowest BCUT2D eigenvalue weighted by molar-refractivity contribution is 0.632. The number of hydrogen-bond acceptors (Lipinski definition) is 4. The highest BCUT2D eigenvalue weighted by Gasteiger charge is 2.13. The highest BCUT2D eigenvalue weighted by atomic mass is 16.1. The minimum atomic E-state index is -0.0806. The maximum Gasteiger partial charge on any atom is 0.252 e. The molecule has 1 atom stereocenters. The molecule has 1 unspecified atom stereocenters. The van der Waals surface area contributed by atoms with Crippen LogP contribution < -0.4 is 16.2 Å². The lowest BCUT2D eigenvalue weighted by Gasteiger charge is -2.17. The lowest BCUT2D eigenvalue weighted by atomic mass is 10.1. The van der Waals surface area contributed by atoms with Crippen LogP contribution in [0.5, 0.6) is 0 Å². The molecule has 5 nitrogen and oxygen atoms in total. The van der Waals surface area contributed by atoms with Gasteiger partial charge in [0.15, 0.2) is 0 Å². The normalized spacial score (nSPS) is 20.7. The number of aromatic amines is 1. The standard InChI is InChI=1S/C13H22N4O/c1-9(2)13-16-11(8-12(18)17-13)15-10-4-3-6-14-7-5-10/h8-10,14H,3-7H2,1-2H3,(H2,15,16,17,18). The Bertz CT molecular complexity index is 433. The van der Waals surface area contributed by atoms with Gasteiger partial charge < -0.3 is 15.6 Å². The summed E-state index contributed by atoms with van der Waals surface area (Å²) in [6.45, 7) is 6.16. The zero-order chi connectivity index (χ0) is 13.0. The van der Waals surface area contributed by atoms with Crippen LogP contribution in [0.4, 0.5) is 5.82 Å². The molecule has 2 heterocycles. The van der Waals surface area contributed by atoms with Crippen molar-refractivity contribution in [2.45, 2.75) is 45.1 Å². The first-order valence-electron chi connectivity index (χ1n) is 6.73. The zero-order valence-electron chi connectivity index (χ0n) is 11.1. The van der Waals surface area contributed by atoms with Crippen molar-refractivity contribution in [1.29, 1.82) is 0 Å². The van der Waals surface area contributed by atoms with Crippen LogP contribution in [0.25, 0.3) is 0 Å². The van der Waals surface area contributed by atoms with Crippen LogP contribution in [0.2, 0.25) is 0 Å². The molecule has 0 amide bonds. The summed E-state index contributed by atoms with van der Waals surface area (Å²) in [5.74, 6) is 1.68. The number of anilines is 1. The topological polar surface area (TPSA) is 69.8 Å². The molecule has 0 aromatic carbocycles. The van der Waals surface area contributed by atoms with Gasteiger partial charge in [0.1, 0.15) is 11.6 Å². The predicted molar refractivity (Wildman–Crippen MR) is 73.1 cm³/mol. The van der Waals surface area contributed by atoms with Gasteiger partial charge in [-0.2, -0.15) is 0 Å². The van der Waals surface area contributed by atoms with Gasteiger partial charge in [0.25, 0.3) is 5.56 Å². The summed E-state index contributed by atoms with van der Waals surface area (Å²) in [7, 11) is 0. The average molecular weight is 250 g/mol. The summed E-state index contributed by atoms with van der Waals surface area (Å²) in [6, 6.07) is 1.96. The summed E-state index contributed by atoms with van der Waals surface area (Å²) < 4.78 is 0. The fourth-order valence-corrected chi connectivity index (χ4v) is 2.20. The first-order valence-corrected chi connectivity index (χ1v) is 6.73. The number of rotatable bonds is 3. The van der Waals surface area contributed by atoms with E-state index in [4.69, 9.17) is 0 Å². The molecule has 1 aliphatic rings. The highest BCUT2D eigenvalue weighted by molar-refractivity contribution is 5.34. The Morgan fingerprint density at radius 2 is 2.22 bits per heavy atom. The maximum absolute atomic E-state index is 11.6. The second-order valence-corrected chi connectivity index (χ2v) is 5.19. The molecule has 0 bridgehead atoms. The molecule has 0 spiro atoms. The Labute approximate surface area is 107 Å². The SMILES string of the molecule is CC(C)c1nc(NC2CCCNCC2)cc(=O)[nH]1. The van der Waals surface area contributed by atoms with Gasteiger partial charge >= 0.3 is 0 Å². The van der Waals surface area contributed by atoms with E-state index < -0.39 is 0 Å². The van der Waals surface area contributed by atoms with Crippen LogP contribution in [-0.2, 0) is 0 Å². The van der Waals surface area contributed by atoms with Crippen LogP contribution in [0.1, 0.15) is 44.9 Å². The van der Waals surface area contributed by atoms with Crippen molar-refractivity contribution in [2.75, 3.05) is 18.4 Å². The maximum atomic E-state index is 11.6. The second-order valence-electron chi connectivity index (χ2n) is 5.19. The first-order chi connectivity index (χ1) is 8.65. The third kappa shape index (κ3) is 3.57. The van der Waals surface area contributed by atoms with Gasteiger partial charge in [0.05, 0.1) is 0 Å². The molecule has 0 aliphatic carbocycles. The zero-order valence-corrected chi connectivity index (χ0v) is 11.1. The molecule has 1 fully saturated rings. The molecule has 1 aromatic heterocycles. The molecule has 1 aliphatic heterocycles. The molecule has 1 saturated heterocycles. The summed E-state index contributed by atoms with van der Waals surface area (Å²) in [4.78, 5) is 18.8. The third-order valence-corrected chi connectivity index (χ3v) is 3.23. The van der Waals surface area contributed by atoms with Crippen molar-refractivity contribution >= 4 is 5.82 Å². The third-order valence-electron chi connectivity index (χ3n) is 3.23. The average Bonchev–Trinajstić information content (AvgIpc) is 2.57. The fraction of sp³-hybridized carbons (Fsp3) is 0.692. The van der Waals surface area contributed by atoms with Crippen molar-refractivity contribution in [2.24, 2.45) is 0 Å². The van der Waals surface area contributed by atoms with E-state index in [1.54, 1.807) is 6.07 Å². The van der Waals surface area contributed by atoms with Crippen molar-refractivity contribution < 1.29 is 0 Å². The van der Waals surface area contributed by atoms with E-state index in [1.165, 1.54) is 0 Å². The van der Waals surface area contributed by atoms with Gasteiger partial charge in [-0.3, -0.25) is 4.79 Å². The van der Waals surface area contributed by atoms with Crippen molar-refractivity contribution in [3.05, 3.63) is 22.2 Å². The monoisotopic (exact) mass is 250 g/mol. The number of H-pyrrole nitrogens is 1. The molecule has 3 N–H and O–H groups in total. The fourth-order valence-electron chi connectivity index (χ4n) is 2.20. The number of nitrogens with one attached hydrogen (secondary N) is 3. The van der Waals surface area contributed by atoms with Crippen molar-refractivity contribution in [1.82, 2.24) is 15.3 Å². The van der Waals surface area contributed by atoms with E-state index in [0.717, 1.165) is 38.2 Å². The van der Waals surface area contributed by atoms with Crippen LogP contribution >= 0.6 is 0 Å². The Morgan fingerprint density at radius 1 is 1.39 bits per heavy atom. The van der Waals surface area contributed by atoms with Gasteiger partial charge in [-0.05, 0) is 32.4 Å². The van der Waals surface area contributed by atoms with Crippen LogP contribution in [0, 0.1) is 0 Å². The molecule has 1 aromatic rings. The summed E-state index contributed by atoms with van der Waals surface area (Å²) in [5.41, 5.74) is -0.0806. The Kier molecular flexibility index (Phi) is 4.36. The van der Waals surface area contributed by atoms with Gasteiger partial charge in [0, 0.05) is 18.0 Å². The molecule has 0 saturated carbocycles. The van der Waals surface area contributed by atoms with Gasteiger partial charge in [0.2, 0.25) is 0 Å². The number of aromatic nitrogens is 2. The molecule has 100 valence electrons. The summed E-state index contributed by atoms with van der Waals surface area (Å²) >= 11 is 0. The molecular formula is C13H22N4O. The van der Waals surface area contributed by atoms with E-state index in [2.05, 4.69) is 20.6 Å². The van der Waals surface area contributed by atoms with Crippen molar-refractivity contribution in [3.63, 3.8) is 0 Å². The van der Waals surface area contributed by atoms with Crippen LogP contribution in [0.3, 0.4) is 0 Å². The predicted octanol–water partition coefficient (Wildman–Crippen LogP) is 1.45. The second kappa shape index (κ2) is 6.00. The first kappa shape index (κ1) is 13.1. The largest absolute Gasteiger partial charge is 0.367 e. The summed E-state index contributed by atoms with van der Waals surface area (Å²) in [5, 5.41) is 6.76. The van der Waals surface area contributed by atoms with E-state index in [1.807, 2.05) is 13.8 Å². The van der Waals surface area contributed by atoms with Gasteiger partial charge in [-0.15, -0.1) is 0 Å². The molecule has 0 radical (unpaired) electrons. The van der Waals surface area contributed by atoms with E-state index >= 15 is 0 Å². The molecule has 18 heavy (non-hydrogen) atoms. The minimum Gasteiger partial charge on any atom is -0.367 e. The molecule has 5 heteroatoms. The number of hydrogen-bond donors (Lipinski definition) is 3. The van der Waals surface area contributed by atoms with Gasteiger partial charge in [-0.1, -0.05) is 13.8 Å². The van der Waals surface area contributed by atoms with E-state index in [-0.39, 0.29) is 11.5 Å². The Balaban J connectivity index is 2.10. The smallest absolute Gasteiger partial charge is 0.252 e. The lowest BCUT2D eigenvalue weighted by Crippen LogP contribution is -2.24. The van der Waals surface area contributed by atoms with Crippen LogP contribution in [-0.4, -0.2) is 29.1 Å². The summed E-state index contributed by atoms with van der Waals surface area (Å²) in [6.07, 6.45) is 3.36. The highest BCUT2D eigenvalue weighted by Crippen LogP contribution is 2.13. The van der Waals surface area contributed by atoms with Crippen molar-refractivity contribution in [3.8, 4) is 0 Å². The Morgan fingerprint density at radius 3 is 3.00 bits per heavy atom. The van der Waals surface area contributed by atoms with Gasteiger partial charge in [-0.25, -0.2) is 4.98 Å². The minimum absolute atomic E-state index is 0.0806. The van der Waals surface area contributed by atoms with Crippen LogP contribution in [0.15, 0.2) is 10.9 Å². The number of nitrogens with zero attached hydrogens (tertiary/aromatic N) is 1. The van der Waals surface area contributed by atoms with E-state index in [0.29, 0.717) is 11.9 Å². The van der Waals surface area contributed by atoms with E-state index in [9.17, 15) is 4.79 Å². The molecule has 2 rings (SSSR count). The quantitative estimate of drug-likeness (QED) is 0.759. The molecular weight excluding hydrogens is 228 g/mol.